The molecule has 0 N–H and O–H groups in total. The summed E-state index contributed by atoms with van der Waals surface area (Å²) in [6, 6.07) is 9.50. The van der Waals surface area contributed by atoms with E-state index >= 15 is 0 Å². The van der Waals surface area contributed by atoms with Crippen LogP contribution in [0.1, 0.15) is 79.5 Å². The molecule has 0 amide bonds. The minimum atomic E-state index is -3.35. The Morgan fingerprint density at radius 1 is 0.688 bits per heavy atom. The van der Waals surface area contributed by atoms with Gasteiger partial charge >= 0.3 is 187 Å². The van der Waals surface area contributed by atoms with Gasteiger partial charge in [-0.25, -0.2) is 0 Å². The average molecular weight is 567 g/mol. The Morgan fingerprint density at radius 3 is 1.34 bits per heavy atom. The van der Waals surface area contributed by atoms with Crippen LogP contribution in [0.4, 0.5) is 0 Å². The van der Waals surface area contributed by atoms with Crippen LogP contribution in [0.3, 0.4) is 0 Å². The van der Waals surface area contributed by atoms with Crippen molar-refractivity contribution in [2.75, 3.05) is 0 Å². The van der Waals surface area contributed by atoms with E-state index in [9.17, 15) is 0 Å². The average Bonchev–Trinajstić information content (AvgIpc) is 3.21. The normalized spacial score (nSPS) is 19.4. The Morgan fingerprint density at radius 2 is 1.03 bits per heavy atom. The van der Waals surface area contributed by atoms with Gasteiger partial charge in [0.1, 0.15) is 0 Å². The quantitative estimate of drug-likeness (QED) is 0.327. The van der Waals surface area contributed by atoms with Crippen molar-refractivity contribution in [2.24, 2.45) is 0 Å². The molecule has 2 aromatic carbocycles. The topological polar surface area (TPSA) is 0 Å². The minimum absolute atomic E-state index is 0. The van der Waals surface area contributed by atoms with Crippen molar-refractivity contribution in [3.63, 3.8) is 0 Å². The summed E-state index contributed by atoms with van der Waals surface area (Å²) in [6.07, 6.45) is 7.33. The summed E-state index contributed by atoms with van der Waals surface area (Å²) in [6.45, 7) is 16.6. The molecule has 2 atom stereocenters. The first-order valence-corrected chi connectivity index (χ1v) is 25.4. The van der Waals surface area contributed by atoms with Crippen LogP contribution in [0, 0.1) is 13.8 Å². The first kappa shape index (κ1) is 27.8. The Labute approximate surface area is 210 Å². The Bertz CT molecular complexity index is 1110. The van der Waals surface area contributed by atoms with Crippen LogP contribution in [-0.2, 0) is 30.2 Å². The second-order valence-corrected chi connectivity index (χ2v) is 41.5. The maximum absolute atomic E-state index is 3.35. The van der Waals surface area contributed by atoms with E-state index < -0.39 is 17.4 Å². The summed E-state index contributed by atoms with van der Waals surface area (Å²) < 4.78 is 6.78. The second-order valence-electron chi connectivity index (χ2n) is 11.0. The molecule has 0 heterocycles. The van der Waals surface area contributed by atoms with Crippen LogP contribution in [0.5, 0.6) is 0 Å². The van der Waals surface area contributed by atoms with Gasteiger partial charge in [0, 0.05) is 0 Å². The van der Waals surface area contributed by atoms with E-state index in [1.165, 1.54) is 22.3 Å². The molecular weight excluding hydrogens is 527 g/mol. The number of aryl methyl sites for hydroxylation is 4. The van der Waals surface area contributed by atoms with Gasteiger partial charge in [0.2, 0.25) is 0 Å². The van der Waals surface area contributed by atoms with Gasteiger partial charge in [0.05, 0.1) is 0 Å². The van der Waals surface area contributed by atoms with Crippen molar-refractivity contribution in [1.82, 2.24) is 0 Å². The summed E-state index contributed by atoms with van der Waals surface area (Å²) in [5.41, 5.74) is 15.7. The molecule has 0 spiro atoms. The first-order chi connectivity index (χ1) is 14.0. The minimum Gasteiger partial charge on any atom is -0.147 e. The molecule has 0 bridgehead atoms. The Kier molecular flexibility index (Phi) is 8.12. The molecule has 4 rings (SSSR count). The van der Waals surface area contributed by atoms with Gasteiger partial charge in [-0.05, 0) is 0 Å². The van der Waals surface area contributed by atoms with Gasteiger partial charge in [0.15, 0.2) is 0 Å². The fourth-order valence-electron chi connectivity index (χ4n) is 6.99. The first-order valence-electron chi connectivity index (χ1n) is 11.7. The Balaban J connectivity index is 0.00000181. The third-order valence-electron chi connectivity index (χ3n) is 8.08. The fourth-order valence-corrected chi connectivity index (χ4v) is 28.3. The molecule has 174 valence electrons. The van der Waals surface area contributed by atoms with E-state index in [0.29, 0.717) is 7.25 Å². The van der Waals surface area contributed by atoms with Crippen molar-refractivity contribution in [3.8, 4) is 0 Å². The number of rotatable bonds is 4. The number of benzene rings is 2. The zero-order valence-electron chi connectivity index (χ0n) is 21.1. The maximum Gasteiger partial charge on any atom is -0.147 e. The van der Waals surface area contributed by atoms with Gasteiger partial charge in [-0.1, -0.05) is 0 Å². The van der Waals surface area contributed by atoms with E-state index in [4.69, 9.17) is 0 Å². The predicted molar refractivity (Wildman–Crippen MR) is 149 cm³/mol. The number of fused-ring (bicyclic) bond motifs is 2. The predicted octanol–water partition coefficient (Wildman–Crippen LogP) is 8.22. The monoisotopic (exact) mass is 564 g/mol. The van der Waals surface area contributed by atoms with Gasteiger partial charge in [0.25, 0.3) is 0 Å². The van der Waals surface area contributed by atoms with Gasteiger partial charge in [-0.15, -0.1) is 24.8 Å². The molecular formula is C28H40Cl2SiZr. The molecule has 0 fully saturated rings. The van der Waals surface area contributed by atoms with Crippen LogP contribution in [0.2, 0.25) is 9.26 Å². The van der Waals surface area contributed by atoms with E-state index in [1.54, 1.807) is 33.4 Å². The smallest absolute Gasteiger partial charge is 0.147 e. The number of allylic oxidation sites excluding steroid dienone is 2. The fraction of sp³-hybridized carbons (Fsp3) is 0.429. The number of hydrogen-bond acceptors (Lipinski definition) is 0. The van der Waals surface area contributed by atoms with Gasteiger partial charge in [-0.2, -0.15) is 0 Å². The standard InChI is InChI=1S/2C13H15.2CH3.2ClH.H2Si.Zr/c2*1-4-11-6-5-10(3)12-7-9(2)8-13(11)12;;;;;;/h2*5-8H,4H2,1-3H3;2*1H3;2*1H;1H2;. The number of hydrogen-bond donors (Lipinski definition) is 0. The van der Waals surface area contributed by atoms with Gasteiger partial charge in [-0.3, -0.25) is 0 Å². The summed E-state index contributed by atoms with van der Waals surface area (Å²) in [5, 5.41) is 0. The van der Waals surface area contributed by atoms with E-state index in [1.807, 2.05) is 0 Å². The van der Waals surface area contributed by atoms with E-state index in [-0.39, 0.29) is 24.8 Å². The van der Waals surface area contributed by atoms with Gasteiger partial charge < -0.3 is 0 Å². The Hall–Kier alpha value is -0.400. The van der Waals surface area contributed by atoms with Crippen LogP contribution in [-0.4, -0.2) is 6.88 Å². The summed E-state index contributed by atoms with van der Waals surface area (Å²) in [5.74, 6) is 0. The van der Waals surface area contributed by atoms with Crippen LogP contribution < -0.4 is 0 Å². The molecule has 0 saturated heterocycles. The van der Waals surface area contributed by atoms with Crippen molar-refractivity contribution in [3.05, 3.63) is 79.9 Å². The summed E-state index contributed by atoms with van der Waals surface area (Å²) in [7, 11) is 0. The van der Waals surface area contributed by atoms with Crippen LogP contribution >= 0.6 is 24.8 Å². The molecule has 2 aliphatic carbocycles. The van der Waals surface area contributed by atoms with Crippen LogP contribution in [0.25, 0.3) is 12.2 Å². The molecule has 4 heteroatoms. The molecule has 2 aromatic rings. The maximum atomic E-state index is 2.75. The van der Waals surface area contributed by atoms with E-state index in [2.05, 4.69) is 94.1 Å². The molecule has 0 nitrogen and oxygen atoms in total. The zero-order chi connectivity index (χ0) is 22.0. The van der Waals surface area contributed by atoms with Crippen molar-refractivity contribution < 1.29 is 17.4 Å². The third kappa shape index (κ3) is 4.02. The van der Waals surface area contributed by atoms with Crippen molar-refractivity contribution in [2.45, 2.75) is 70.9 Å². The number of halogens is 2. The van der Waals surface area contributed by atoms with Crippen molar-refractivity contribution in [1.29, 1.82) is 0 Å². The zero-order valence-corrected chi connectivity index (χ0v) is 26.6. The molecule has 0 aliphatic heterocycles. The molecule has 0 saturated carbocycles. The van der Waals surface area contributed by atoms with E-state index in [0.717, 1.165) is 12.8 Å². The summed E-state index contributed by atoms with van der Waals surface area (Å²) >= 11 is -3.35. The second kappa shape index (κ2) is 9.33. The molecule has 0 aromatic heterocycles. The SMILES string of the molecule is CCc1ccc(C)c2c1C=C(C)[CH]2[Zr]([CH3])([CH3])(=[SiH2])[CH]1C(C)=Cc2c(CC)ccc(C)c21.Cl.Cl. The molecule has 2 unspecified atom stereocenters. The summed E-state index contributed by atoms with van der Waals surface area (Å²) in [4.78, 5) is 0. The molecule has 0 radical (unpaired) electrons. The van der Waals surface area contributed by atoms with Crippen molar-refractivity contribution >= 4 is 43.8 Å². The largest absolute Gasteiger partial charge is 0.147 e. The third-order valence-corrected chi connectivity index (χ3v) is 25.9. The van der Waals surface area contributed by atoms with Crippen LogP contribution in [0.15, 0.2) is 35.4 Å². The molecule has 2 aliphatic rings. The molecule has 32 heavy (non-hydrogen) atoms.